The summed E-state index contributed by atoms with van der Waals surface area (Å²) in [6, 6.07) is 5.31. The van der Waals surface area contributed by atoms with Gasteiger partial charge in [-0.1, -0.05) is 30.6 Å². The molecule has 8 heteroatoms. The van der Waals surface area contributed by atoms with Gasteiger partial charge in [-0.3, -0.25) is 4.98 Å². The van der Waals surface area contributed by atoms with Gasteiger partial charge in [0.05, 0.1) is 21.8 Å². The fourth-order valence-electron chi connectivity index (χ4n) is 2.41. The monoisotopic (exact) mass is 375 g/mol. The van der Waals surface area contributed by atoms with Crippen molar-refractivity contribution in [1.29, 1.82) is 0 Å². The molecule has 2 heterocycles. The van der Waals surface area contributed by atoms with Crippen LogP contribution in [0.2, 0.25) is 5.02 Å². The van der Waals surface area contributed by atoms with Crippen LogP contribution >= 0.6 is 11.6 Å². The van der Waals surface area contributed by atoms with Gasteiger partial charge in [0, 0.05) is 11.8 Å². The molecule has 0 atom stereocenters. The molecular formula is C18H15ClFN3O3. The number of nitrogens with zero attached hydrogens (tertiary/aromatic N) is 3. The Bertz CT molecular complexity index is 972. The Kier molecular flexibility index (Phi) is 4.99. The summed E-state index contributed by atoms with van der Waals surface area (Å²) in [5.41, 5.74) is 1.22. The van der Waals surface area contributed by atoms with Crippen LogP contribution in [-0.4, -0.2) is 26.2 Å². The molecule has 3 aromatic rings. The van der Waals surface area contributed by atoms with Crippen molar-refractivity contribution < 1.29 is 18.8 Å². The average molecular weight is 376 g/mol. The van der Waals surface area contributed by atoms with Crippen molar-refractivity contribution in [3.8, 4) is 22.8 Å². The summed E-state index contributed by atoms with van der Waals surface area (Å²) in [7, 11) is 0. The lowest BCUT2D eigenvalue weighted by Crippen LogP contribution is -2.00. The van der Waals surface area contributed by atoms with E-state index in [0.717, 1.165) is 24.2 Å². The molecule has 3 rings (SSSR count). The largest absolute Gasteiger partial charge is 0.478 e. The number of carbonyl (C=O) groups is 1. The van der Waals surface area contributed by atoms with Gasteiger partial charge in [-0.2, -0.15) is 4.98 Å². The van der Waals surface area contributed by atoms with E-state index in [0.29, 0.717) is 22.1 Å². The molecule has 0 aliphatic heterocycles. The van der Waals surface area contributed by atoms with Gasteiger partial charge >= 0.3 is 5.97 Å². The van der Waals surface area contributed by atoms with Gasteiger partial charge in [0.2, 0.25) is 5.82 Å². The number of carboxylic acid groups (broad SMARTS) is 1. The summed E-state index contributed by atoms with van der Waals surface area (Å²) in [4.78, 5) is 19.4. The van der Waals surface area contributed by atoms with Gasteiger partial charge in [0.25, 0.3) is 5.89 Å². The molecule has 0 saturated heterocycles. The van der Waals surface area contributed by atoms with E-state index in [1.54, 1.807) is 12.3 Å². The third-order valence-electron chi connectivity index (χ3n) is 3.65. The molecule has 0 aliphatic rings. The van der Waals surface area contributed by atoms with Crippen LogP contribution in [0.4, 0.5) is 4.39 Å². The minimum atomic E-state index is -1.34. The van der Waals surface area contributed by atoms with Crippen LogP contribution in [0.1, 0.15) is 29.9 Å². The number of pyridine rings is 1. The molecule has 0 saturated carbocycles. The highest BCUT2D eigenvalue weighted by Crippen LogP contribution is 2.27. The van der Waals surface area contributed by atoms with Crippen LogP contribution in [0.3, 0.4) is 0 Å². The van der Waals surface area contributed by atoms with Crippen LogP contribution in [-0.2, 0) is 6.42 Å². The van der Waals surface area contributed by atoms with E-state index < -0.39 is 17.3 Å². The lowest BCUT2D eigenvalue weighted by atomic mass is 10.1. The Morgan fingerprint density at radius 3 is 2.69 bits per heavy atom. The van der Waals surface area contributed by atoms with E-state index in [4.69, 9.17) is 21.2 Å². The van der Waals surface area contributed by atoms with E-state index in [1.165, 1.54) is 6.07 Å². The molecule has 0 fully saturated rings. The fourth-order valence-corrected chi connectivity index (χ4v) is 2.65. The maximum absolute atomic E-state index is 13.8. The standard InChI is InChI=1S/C18H15ClFN3O3/c1-9(2)5-15-13(19)6-11(8-21-15)17-22-16(23-26-17)10-3-4-12(18(24)25)14(20)7-10/h3-4,6-9H,5H2,1-2H3,(H,24,25). The molecule has 0 bridgehead atoms. The van der Waals surface area contributed by atoms with E-state index in [-0.39, 0.29) is 11.7 Å². The summed E-state index contributed by atoms with van der Waals surface area (Å²) >= 11 is 6.26. The highest BCUT2D eigenvalue weighted by molar-refractivity contribution is 6.31. The van der Waals surface area contributed by atoms with Gasteiger partial charge < -0.3 is 9.63 Å². The van der Waals surface area contributed by atoms with E-state index in [9.17, 15) is 9.18 Å². The van der Waals surface area contributed by atoms with Crippen molar-refractivity contribution in [1.82, 2.24) is 15.1 Å². The van der Waals surface area contributed by atoms with Gasteiger partial charge in [-0.15, -0.1) is 0 Å². The number of aromatic nitrogens is 3. The SMILES string of the molecule is CC(C)Cc1ncc(-c2nc(-c3ccc(C(=O)O)c(F)c3)no2)cc1Cl. The molecule has 1 aromatic carbocycles. The van der Waals surface area contributed by atoms with Gasteiger partial charge in [0.1, 0.15) is 5.82 Å². The molecule has 1 N–H and O–H groups in total. The molecule has 134 valence electrons. The van der Waals surface area contributed by atoms with Gasteiger partial charge in [0.15, 0.2) is 0 Å². The normalized spacial score (nSPS) is 11.1. The number of carboxylic acids is 1. The molecule has 0 amide bonds. The third kappa shape index (κ3) is 3.72. The Labute approximate surface area is 153 Å². The smallest absolute Gasteiger partial charge is 0.338 e. The molecular weight excluding hydrogens is 361 g/mol. The Balaban J connectivity index is 1.89. The van der Waals surface area contributed by atoms with Gasteiger partial charge in [-0.05, 0) is 36.6 Å². The van der Waals surface area contributed by atoms with E-state index in [1.807, 2.05) is 0 Å². The zero-order chi connectivity index (χ0) is 18.8. The zero-order valence-corrected chi connectivity index (χ0v) is 14.8. The second-order valence-electron chi connectivity index (χ2n) is 6.17. The lowest BCUT2D eigenvalue weighted by molar-refractivity contribution is 0.0692. The predicted molar refractivity (Wildman–Crippen MR) is 93.4 cm³/mol. The number of aromatic carboxylic acids is 1. The van der Waals surface area contributed by atoms with E-state index >= 15 is 0 Å². The molecule has 26 heavy (non-hydrogen) atoms. The Morgan fingerprint density at radius 1 is 1.31 bits per heavy atom. The first kappa shape index (κ1) is 18.0. The topological polar surface area (TPSA) is 89.1 Å². The Morgan fingerprint density at radius 2 is 2.08 bits per heavy atom. The van der Waals surface area contributed by atoms with Crippen LogP contribution in [0.25, 0.3) is 22.8 Å². The summed E-state index contributed by atoms with van der Waals surface area (Å²) in [6.07, 6.45) is 2.35. The first-order chi connectivity index (χ1) is 12.3. The zero-order valence-electron chi connectivity index (χ0n) is 14.0. The lowest BCUT2D eigenvalue weighted by Gasteiger charge is -2.06. The maximum atomic E-state index is 13.8. The number of rotatable bonds is 5. The maximum Gasteiger partial charge on any atom is 0.338 e. The summed E-state index contributed by atoms with van der Waals surface area (Å²) in [5, 5.41) is 13.2. The molecule has 0 radical (unpaired) electrons. The van der Waals surface area contributed by atoms with Crippen molar-refractivity contribution in [3.05, 3.63) is 52.6 Å². The minimum absolute atomic E-state index is 0.137. The highest BCUT2D eigenvalue weighted by Gasteiger charge is 2.16. The minimum Gasteiger partial charge on any atom is -0.478 e. The van der Waals surface area contributed by atoms with Crippen molar-refractivity contribution in [3.63, 3.8) is 0 Å². The predicted octanol–water partition coefficient (Wildman–Crippen LogP) is 4.49. The average Bonchev–Trinajstić information content (AvgIpc) is 3.06. The fraction of sp³-hybridized carbons (Fsp3) is 0.222. The number of benzene rings is 1. The first-order valence-corrected chi connectivity index (χ1v) is 8.24. The summed E-state index contributed by atoms with van der Waals surface area (Å²) in [5.74, 6) is -1.47. The number of hydrogen-bond acceptors (Lipinski definition) is 5. The summed E-state index contributed by atoms with van der Waals surface area (Å²) < 4.78 is 19.0. The molecule has 2 aromatic heterocycles. The Hall–Kier alpha value is -2.80. The highest BCUT2D eigenvalue weighted by atomic mass is 35.5. The van der Waals surface area contributed by atoms with Crippen LogP contribution < -0.4 is 0 Å². The van der Waals surface area contributed by atoms with Crippen molar-refractivity contribution in [2.24, 2.45) is 5.92 Å². The van der Waals surface area contributed by atoms with Crippen LogP contribution in [0.15, 0.2) is 35.0 Å². The molecule has 0 spiro atoms. The molecule has 0 unspecified atom stereocenters. The summed E-state index contributed by atoms with van der Waals surface area (Å²) in [6.45, 7) is 4.15. The molecule has 6 nitrogen and oxygen atoms in total. The van der Waals surface area contributed by atoms with Gasteiger partial charge in [-0.25, -0.2) is 9.18 Å². The second-order valence-corrected chi connectivity index (χ2v) is 6.58. The molecule has 0 aliphatic carbocycles. The third-order valence-corrected chi connectivity index (χ3v) is 3.98. The van der Waals surface area contributed by atoms with Crippen molar-refractivity contribution in [2.75, 3.05) is 0 Å². The first-order valence-electron chi connectivity index (χ1n) is 7.87. The second kappa shape index (κ2) is 7.21. The van der Waals surface area contributed by atoms with Crippen LogP contribution in [0, 0.1) is 11.7 Å². The van der Waals surface area contributed by atoms with Crippen LogP contribution in [0.5, 0.6) is 0 Å². The van der Waals surface area contributed by atoms with Crippen molar-refractivity contribution >= 4 is 17.6 Å². The van der Waals surface area contributed by atoms with E-state index in [2.05, 4.69) is 29.0 Å². The van der Waals surface area contributed by atoms with Crippen molar-refractivity contribution in [2.45, 2.75) is 20.3 Å². The number of halogens is 2. The number of hydrogen-bond donors (Lipinski definition) is 1. The quantitative estimate of drug-likeness (QED) is 0.706.